The molecule has 4 bridgehead atoms. The fraction of sp³-hybridized carbons (Fsp3) is 0.684. The van der Waals surface area contributed by atoms with E-state index in [1.54, 1.807) is 0 Å². The van der Waals surface area contributed by atoms with Gasteiger partial charge in [-0.15, -0.1) is 0 Å². The molecule has 1 aromatic rings. The molecule has 0 unspecified atom stereocenters. The molecule has 1 nitrogen and oxygen atoms in total. The zero-order valence-electron chi connectivity index (χ0n) is 13.2. The number of rotatable bonds is 4. The van der Waals surface area contributed by atoms with Gasteiger partial charge in [0.1, 0.15) is 0 Å². The summed E-state index contributed by atoms with van der Waals surface area (Å²) in [6.07, 6.45) is 8.81. The first kappa shape index (κ1) is 15.3. The molecule has 22 heavy (non-hydrogen) atoms. The first-order valence-electron chi connectivity index (χ1n) is 8.72. The van der Waals surface area contributed by atoms with E-state index in [0.717, 1.165) is 39.9 Å². The highest BCUT2D eigenvalue weighted by molar-refractivity contribution is 6.35. The number of hydrogen-bond acceptors (Lipinski definition) is 1. The highest BCUT2D eigenvalue weighted by Crippen LogP contribution is 2.61. The lowest BCUT2D eigenvalue weighted by Gasteiger charge is -2.59. The summed E-state index contributed by atoms with van der Waals surface area (Å²) in [6, 6.07) is 6.32. The SMILES string of the molecule is C[C@@H](NCc1c(Cl)cccc1Cl)C12CC3CC(CC(C3)C1)C2. The Morgan fingerprint density at radius 3 is 2.05 bits per heavy atom. The van der Waals surface area contributed by atoms with E-state index in [1.807, 2.05) is 18.2 Å². The van der Waals surface area contributed by atoms with Crippen LogP contribution >= 0.6 is 23.2 Å². The molecular formula is C19H25Cl2N. The third kappa shape index (κ3) is 2.60. The molecule has 1 aromatic carbocycles. The van der Waals surface area contributed by atoms with E-state index in [-0.39, 0.29) is 0 Å². The largest absolute Gasteiger partial charge is 0.310 e. The first-order chi connectivity index (χ1) is 10.6. The topological polar surface area (TPSA) is 12.0 Å². The van der Waals surface area contributed by atoms with Crippen molar-refractivity contribution in [2.24, 2.45) is 23.2 Å². The lowest BCUT2D eigenvalue weighted by atomic mass is 9.48. The Hall–Kier alpha value is -0.240. The molecule has 120 valence electrons. The van der Waals surface area contributed by atoms with Gasteiger partial charge >= 0.3 is 0 Å². The lowest BCUT2D eigenvalue weighted by molar-refractivity contribution is -0.0706. The van der Waals surface area contributed by atoms with Gasteiger partial charge in [-0.25, -0.2) is 0 Å². The van der Waals surface area contributed by atoms with Crippen LogP contribution in [0.4, 0.5) is 0 Å². The predicted molar refractivity (Wildman–Crippen MR) is 93.4 cm³/mol. The van der Waals surface area contributed by atoms with Crippen LogP contribution in [-0.2, 0) is 6.54 Å². The summed E-state index contributed by atoms with van der Waals surface area (Å²) >= 11 is 12.6. The van der Waals surface area contributed by atoms with Crippen molar-refractivity contribution >= 4 is 23.2 Å². The van der Waals surface area contributed by atoms with E-state index < -0.39 is 0 Å². The normalized spacial score (nSPS) is 37.5. The molecule has 5 rings (SSSR count). The van der Waals surface area contributed by atoms with E-state index in [0.29, 0.717) is 11.5 Å². The van der Waals surface area contributed by atoms with Crippen LogP contribution in [0.1, 0.15) is 51.0 Å². The Morgan fingerprint density at radius 1 is 1.05 bits per heavy atom. The zero-order valence-corrected chi connectivity index (χ0v) is 14.8. The molecular weight excluding hydrogens is 313 g/mol. The molecule has 1 N–H and O–H groups in total. The second kappa shape index (κ2) is 5.69. The number of hydrogen-bond donors (Lipinski definition) is 1. The Morgan fingerprint density at radius 2 is 1.55 bits per heavy atom. The predicted octanol–water partition coefficient (Wildman–Crippen LogP) is 5.69. The smallest absolute Gasteiger partial charge is 0.0465 e. The molecule has 0 radical (unpaired) electrons. The van der Waals surface area contributed by atoms with Gasteiger partial charge in [0.05, 0.1) is 0 Å². The summed E-state index contributed by atoms with van der Waals surface area (Å²) in [7, 11) is 0. The van der Waals surface area contributed by atoms with E-state index >= 15 is 0 Å². The Kier molecular flexibility index (Phi) is 3.95. The van der Waals surface area contributed by atoms with Gasteiger partial charge in [0.25, 0.3) is 0 Å². The van der Waals surface area contributed by atoms with Gasteiger partial charge in [0.15, 0.2) is 0 Å². The van der Waals surface area contributed by atoms with Gasteiger partial charge in [0, 0.05) is 28.2 Å². The molecule has 3 heteroatoms. The van der Waals surface area contributed by atoms with Crippen LogP contribution < -0.4 is 5.32 Å². The fourth-order valence-corrected chi connectivity index (χ4v) is 6.41. The maximum Gasteiger partial charge on any atom is 0.0465 e. The molecule has 1 atom stereocenters. The monoisotopic (exact) mass is 337 g/mol. The first-order valence-corrected chi connectivity index (χ1v) is 9.47. The minimum absolute atomic E-state index is 0.530. The molecule has 4 aliphatic carbocycles. The van der Waals surface area contributed by atoms with Gasteiger partial charge in [-0.3, -0.25) is 0 Å². The summed E-state index contributed by atoms with van der Waals surface area (Å²) in [4.78, 5) is 0. The van der Waals surface area contributed by atoms with Crippen LogP contribution in [0.15, 0.2) is 18.2 Å². The summed E-state index contributed by atoms with van der Waals surface area (Å²) in [5, 5.41) is 5.32. The summed E-state index contributed by atoms with van der Waals surface area (Å²) in [5.41, 5.74) is 1.57. The second-order valence-corrected chi connectivity index (χ2v) is 8.90. The molecule has 0 saturated heterocycles. The molecule has 0 aliphatic heterocycles. The van der Waals surface area contributed by atoms with Crippen molar-refractivity contribution in [3.05, 3.63) is 33.8 Å². The van der Waals surface area contributed by atoms with Crippen LogP contribution in [0.3, 0.4) is 0 Å². The average molecular weight is 338 g/mol. The van der Waals surface area contributed by atoms with Gasteiger partial charge in [-0.05, 0) is 80.8 Å². The van der Waals surface area contributed by atoms with Crippen LogP contribution in [0.25, 0.3) is 0 Å². The molecule has 4 fully saturated rings. The van der Waals surface area contributed by atoms with Gasteiger partial charge < -0.3 is 5.32 Å². The standard InChI is InChI=1S/C19H25Cl2N/c1-12(22-11-16-17(20)3-2-4-18(16)21)19-8-13-5-14(9-19)7-15(6-13)10-19/h2-4,12-15,22H,5-11H2,1H3/t12-,13?,14?,15?,19?/m1/s1. The van der Waals surface area contributed by atoms with E-state index in [4.69, 9.17) is 23.2 Å². The Balaban J connectivity index is 1.47. The third-order valence-corrected chi connectivity index (χ3v) is 7.36. The lowest BCUT2D eigenvalue weighted by Crippen LogP contribution is -2.54. The van der Waals surface area contributed by atoms with Gasteiger partial charge in [0.2, 0.25) is 0 Å². The minimum atomic E-state index is 0.530. The average Bonchev–Trinajstić information content (AvgIpc) is 2.45. The Bertz CT molecular complexity index is 513. The van der Waals surface area contributed by atoms with E-state index in [2.05, 4.69) is 12.2 Å². The van der Waals surface area contributed by atoms with Crippen LogP contribution in [0, 0.1) is 23.2 Å². The summed E-state index contributed by atoms with van der Waals surface area (Å²) in [5.74, 6) is 3.00. The molecule has 4 saturated carbocycles. The molecule has 0 amide bonds. The van der Waals surface area contributed by atoms with E-state index in [1.165, 1.54) is 38.5 Å². The van der Waals surface area contributed by atoms with Crippen LogP contribution in [-0.4, -0.2) is 6.04 Å². The zero-order chi connectivity index (χ0) is 15.3. The van der Waals surface area contributed by atoms with Crippen LogP contribution in [0.5, 0.6) is 0 Å². The van der Waals surface area contributed by atoms with Gasteiger partial charge in [-0.1, -0.05) is 29.3 Å². The van der Waals surface area contributed by atoms with Crippen molar-refractivity contribution in [3.63, 3.8) is 0 Å². The maximum atomic E-state index is 6.31. The summed E-state index contributed by atoms with van der Waals surface area (Å²) < 4.78 is 0. The third-order valence-electron chi connectivity index (χ3n) is 6.65. The quantitative estimate of drug-likeness (QED) is 0.744. The second-order valence-electron chi connectivity index (χ2n) is 8.08. The minimum Gasteiger partial charge on any atom is -0.310 e. The van der Waals surface area contributed by atoms with Gasteiger partial charge in [-0.2, -0.15) is 0 Å². The Labute approximate surface area is 143 Å². The van der Waals surface area contributed by atoms with Crippen molar-refractivity contribution in [2.45, 2.75) is 58.0 Å². The van der Waals surface area contributed by atoms with Crippen molar-refractivity contribution in [2.75, 3.05) is 0 Å². The maximum absolute atomic E-state index is 6.31. The molecule has 0 aromatic heterocycles. The van der Waals surface area contributed by atoms with Crippen molar-refractivity contribution < 1.29 is 0 Å². The molecule has 0 spiro atoms. The molecule has 0 heterocycles. The molecule has 4 aliphatic rings. The summed E-state index contributed by atoms with van der Waals surface area (Å²) in [6.45, 7) is 3.17. The highest BCUT2D eigenvalue weighted by atomic mass is 35.5. The number of benzene rings is 1. The number of nitrogens with one attached hydrogen (secondary N) is 1. The van der Waals surface area contributed by atoms with E-state index in [9.17, 15) is 0 Å². The van der Waals surface area contributed by atoms with Crippen molar-refractivity contribution in [1.29, 1.82) is 0 Å². The fourth-order valence-electron chi connectivity index (χ4n) is 5.88. The number of halogens is 2. The van der Waals surface area contributed by atoms with Crippen molar-refractivity contribution in [1.82, 2.24) is 5.32 Å². The van der Waals surface area contributed by atoms with Crippen molar-refractivity contribution in [3.8, 4) is 0 Å². The highest BCUT2D eigenvalue weighted by Gasteiger charge is 2.52. The van der Waals surface area contributed by atoms with Crippen LogP contribution in [0.2, 0.25) is 10.0 Å².